The standard InChI is InChI=1S/C16H18Cl2F2N4O.HI/c1-21-16(22-7-10-3-4-24(2)9-10)23-8-11-5-12(17)6-13(18)14(11)25-15(19)20;/h3-6,9,15H,7-8H2,1-2H3,(H2,21,22,23);1H. The van der Waals surface area contributed by atoms with Gasteiger partial charge in [0.15, 0.2) is 5.96 Å². The molecule has 1 aromatic carbocycles. The predicted molar refractivity (Wildman–Crippen MR) is 111 cm³/mol. The zero-order chi connectivity index (χ0) is 18.4. The summed E-state index contributed by atoms with van der Waals surface area (Å²) >= 11 is 11.9. The Morgan fingerprint density at radius 2 is 1.96 bits per heavy atom. The molecule has 0 saturated heterocycles. The number of ether oxygens (including phenoxy) is 1. The van der Waals surface area contributed by atoms with E-state index in [-0.39, 0.29) is 41.3 Å². The first kappa shape index (κ1) is 22.8. The molecule has 1 heterocycles. The molecule has 2 N–H and O–H groups in total. The fourth-order valence-corrected chi connectivity index (χ4v) is 2.80. The second-order valence-corrected chi connectivity index (χ2v) is 6.06. The molecule has 5 nitrogen and oxygen atoms in total. The Morgan fingerprint density at radius 1 is 1.27 bits per heavy atom. The predicted octanol–water partition coefficient (Wildman–Crippen LogP) is 4.42. The molecule has 10 heteroatoms. The summed E-state index contributed by atoms with van der Waals surface area (Å²) < 4.78 is 31.6. The Bertz CT molecular complexity index is 756. The summed E-state index contributed by atoms with van der Waals surface area (Å²) in [5, 5.41) is 6.50. The van der Waals surface area contributed by atoms with Gasteiger partial charge in [0, 0.05) is 50.2 Å². The van der Waals surface area contributed by atoms with Crippen LogP contribution in [-0.4, -0.2) is 24.2 Å². The van der Waals surface area contributed by atoms with Crippen LogP contribution in [0.2, 0.25) is 10.0 Å². The van der Waals surface area contributed by atoms with E-state index in [0.717, 1.165) is 5.56 Å². The highest BCUT2D eigenvalue weighted by Crippen LogP contribution is 2.33. The Morgan fingerprint density at radius 3 is 2.54 bits per heavy atom. The van der Waals surface area contributed by atoms with Gasteiger partial charge >= 0.3 is 6.61 Å². The minimum atomic E-state index is -2.98. The van der Waals surface area contributed by atoms with Crippen molar-refractivity contribution >= 4 is 53.1 Å². The number of halogens is 5. The topological polar surface area (TPSA) is 50.6 Å². The quantitative estimate of drug-likeness (QED) is 0.338. The van der Waals surface area contributed by atoms with Crippen LogP contribution in [0.15, 0.2) is 35.6 Å². The van der Waals surface area contributed by atoms with Crippen LogP contribution in [0, 0.1) is 0 Å². The number of hydrogen-bond donors (Lipinski definition) is 2. The molecule has 0 amide bonds. The van der Waals surface area contributed by atoms with Crippen LogP contribution in [0.1, 0.15) is 11.1 Å². The summed E-state index contributed by atoms with van der Waals surface area (Å²) in [7, 11) is 3.55. The summed E-state index contributed by atoms with van der Waals surface area (Å²) in [5.74, 6) is 0.398. The van der Waals surface area contributed by atoms with E-state index in [0.29, 0.717) is 23.1 Å². The first-order chi connectivity index (χ1) is 11.9. The number of rotatable bonds is 6. The third-order valence-electron chi connectivity index (χ3n) is 3.32. The molecule has 0 fully saturated rings. The molecule has 144 valence electrons. The highest BCUT2D eigenvalue weighted by molar-refractivity contribution is 14.0. The van der Waals surface area contributed by atoms with Crippen LogP contribution >= 0.6 is 47.2 Å². The number of alkyl halides is 2. The van der Waals surface area contributed by atoms with Crippen molar-refractivity contribution < 1.29 is 13.5 Å². The van der Waals surface area contributed by atoms with Crippen LogP contribution < -0.4 is 15.4 Å². The lowest BCUT2D eigenvalue weighted by Gasteiger charge is -2.16. The Hall–Kier alpha value is -1.26. The molecule has 26 heavy (non-hydrogen) atoms. The maximum absolute atomic E-state index is 12.6. The molecule has 0 saturated carbocycles. The van der Waals surface area contributed by atoms with Gasteiger partial charge in [-0.2, -0.15) is 8.78 Å². The molecule has 1 aromatic heterocycles. The Labute approximate surface area is 177 Å². The van der Waals surface area contributed by atoms with E-state index in [4.69, 9.17) is 23.2 Å². The van der Waals surface area contributed by atoms with Gasteiger partial charge in [0.05, 0.1) is 5.02 Å². The molecule has 0 atom stereocenters. The SMILES string of the molecule is CN=C(NCc1ccn(C)c1)NCc1cc(Cl)cc(Cl)c1OC(F)F.I. The van der Waals surface area contributed by atoms with Crippen molar-refractivity contribution in [2.75, 3.05) is 7.05 Å². The molecule has 0 radical (unpaired) electrons. The summed E-state index contributed by atoms with van der Waals surface area (Å²) in [4.78, 5) is 4.09. The molecule has 0 aliphatic rings. The molecule has 2 aromatic rings. The van der Waals surface area contributed by atoms with Crippen LogP contribution in [-0.2, 0) is 20.1 Å². The van der Waals surface area contributed by atoms with Gasteiger partial charge in [0.2, 0.25) is 0 Å². The minimum absolute atomic E-state index is 0. The van der Waals surface area contributed by atoms with Gasteiger partial charge in [-0.1, -0.05) is 23.2 Å². The van der Waals surface area contributed by atoms with Gasteiger partial charge in [0.1, 0.15) is 5.75 Å². The monoisotopic (exact) mass is 518 g/mol. The van der Waals surface area contributed by atoms with Crippen molar-refractivity contribution in [1.29, 1.82) is 0 Å². The third kappa shape index (κ3) is 6.81. The molecular weight excluding hydrogens is 500 g/mol. The Balaban J connectivity index is 0.00000338. The zero-order valence-corrected chi connectivity index (χ0v) is 17.9. The lowest BCUT2D eigenvalue weighted by molar-refractivity contribution is -0.0504. The zero-order valence-electron chi connectivity index (χ0n) is 14.1. The van der Waals surface area contributed by atoms with Crippen LogP contribution in [0.25, 0.3) is 0 Å². The molecule has 0 unspecified atom stereocenters. The number of nitrogens with one attached hydrogen (secondary N) is 2. The molecule has 0 aliphatic carbocycles. The highest BCUT2D eigenvalue weighted by Gasteiger charge is 2.15. The van der Waals surface area contributed by atoms with Gasteiger partial charge in [-0.15, -0.1) is 24.0 Å². The lowest BCUT2D eigenvalue weighted by Crippen LogP contribution is -2.36. The second-order valence-electron chi connectivity index (χ2n) is 5.22. The third-order valence-corrected chi connectivity index (χ3v) is 3.81. The van der Waals surface area contributed by atoms with Crippen molar-refractivity contribution in [3.63, 3.8) is 0 Å². The summed E-state index contributed by atoms with van der Waals surface area (Å²) in [6, 6.07) is 4.85. The average Bonchev–Trinajstić information content (AvgIpc) is 2.95. The Kier molecular flexibility index (Phi) is 9.45. The van der Waals surface area contributed by atoms with Gasteiger partial charge < -0.3 is 19.9 Å². The first-order valence-electron chi connectivity index (χ1n) is 7.37. The smallest absolute Gasteiger partial charge is 0.387 e. The number of aromatic nitrogens is 1. The largest absolute Gasteiger partial charge is 0.433 e. The molecule has 0 aliphatic heterocycles. The summed E-state index contributed by atoms with van der Waals surface area (Å²) in [6.45, 7) is -2.25. The van der Waals surface area contributed by atoms with Crippen LogP contribution in [0.3, 0.4) is 0 Å². The number of nitrogens with zero attached hydrogens (tertiary/aromatic N) is 2. The van der Waals surface area contributed by atoms with E-state index < -0.39 is 6.61 Å². The van der Waals surface area contributed by atoms with Crippen LogP contribution in [0.4, 0.5) is 8.78 Å². The number of hydrogen-bond acceptors (Lipinski definition) is 2. The van der Waals surface area contributed by atoms with E-state index in [2.05, 4.69) is 20.4 Å². The number of aliphatic imine (C=N–C) groups is 1. The molecule has 0 spiro atoms. The van der Waals surface area contributed by atoms with Crippen molar-refractivity contribution in [1.82, 2.24) is 15.2 Å². The number of benzene rings is 1. The first-order valence-corrected chi connectivity index (χ1v) is 8.12. The van der Waals surface area contributed by atoms with Crippen molar-refractivity contribution in [3.8, 4) is 5.75 Å². The highest BCUT2D eigenvalue weighted by atomic mass is 127. The van der Waals surface area contributed by atoms with E-state index >= 15 is 0 Å². The lowest BCUT2D eigenvalue weighted by atomic mass is 10.2. The molecular formula is C16H19Cl2F2IN4O. The average molecular weight is 519 g/mol. The van der Waals surface area contributed by atoms with Crippen molar-refractivity contribution in [2.45, 2.75) is 19.7 Å². The van der Waals surface area contributed by atoms with Crippen molar-refractivity contribution in [2.24, 2.45) is 12.0 Å². The van der Waals surface area contributed by atoms with E-state index in [9.17, 15) is 8.78 Å². The van der Waals surface area contributed by atoms with E-state index in [1.807, 2.05) is 30.1 Å². The van der Waals surface area contributed by atoms with Gasteiger partial charge in [-0.25, -0.2) is 0 Å². The van der Waals surface area contributed by atoms with Gasteiger partial charge in [-0.05, 0) is 23.8 Å². The normalized spacial score (nSPS) is 11.3. The molecule has 0 bridgehead atoms. The van der Waals surface area contributed by atoms with Gasteiger partial charge in [-0.3, -0.25) is 4.99 Å². The van der Waals surface area contributed by atoms with Crippen LogP contribution in [0.5, 0.6) is 5.75 Å². The molecule has 2 rings (SSSR count). The van der Waals surface area contributed by atoms with Crippen molar-refractivity contribution in [3.05, 3.63) is 51.8 Å². The second kappa shape index (κ2) is 10.8. The van der Waals surface area contributed by atoms with E-state index in [1.165, 1.54) is 12.1 Å². The maximum atomic E-state index is 12.6. The van der Waals surface area contributed by atoms with E-state index in [1.54, 1.807) is 7.05 Å². The fourth-order valence-electron chi connectivity index (χ4n) is 2.22. The minimum Gasteiger partial charge on any atom is -0.433 e. The maximum Gasteiger partial charge on any atom is 0.387 e. The summed E-state index contributed by atoms with van der Waals surface area (Å²) in [5.41, 5.74) is 1.48. The van der Waals surface area contributed by atoms with Gasteiger partial charge in [0.25, 0.3) is 0 Å². The summed E-state index contributed by atoms with van der Waals surface area (Å²) in [6.07, 6.45) is 3.92. The number of aryl methyl sites for hydroxylation is 1. The number of guanidine groups is 1. The fraction of sp³-hybridized carbons (Fsp3) is 0.312.